The van der Waals surface area contributed by atoms with Crippen LogP contribution in [0.25, 0.3) is 0 Å². The van der Waals surface area contributed by atoms with Crippen LogP contribution in [-0.2, 0) is 0 Å². The minimum atomic E-state index is 0.603. The number of anilines is 1. The number of halogens is 1. The van der Waals surface area contributed by atoms with E-state index in [2.05, 4.69) is 17.1 Å². The molecule has 0 spiro atoms. The first-order valence-electron chi connectivity index (χ1n) is 7.04. The minimum absolute atomic E-state index is 0.603. The molecule has 0 aliphatic heterocycles. The first kappa shape index (κ1) is 14.6. The topological polar surface area (TPSA) is 15.3 Å². The molecule has 1 fully saturated rings. The Morgan fingerprint density at radius 1 is 1.26 bits per heavy atom. The Hall–Kier alpha value is -0.800. The summed E-state index contributed by atoms with van der Waals surface area (Å²) in [5.74, 6) is 0. The van der Waals surface area contributed by atoms with Crippen molar-refractivity contribution in [2.75, 3.05) is 11.9 Å². The van der Waals surface area contributed by atoms with Gasteiger partial charge in [0, 0.05) is 23.3 Å². The predicted octanol–water partition coefficient (Wildman–Crippen LogP) is 4.69. The molecule has 1 aliphatic carbocycles. The van der Waals surface area contributed by atoms with Crippen LogP contribution < -0.4 is 5.32 Å². The molecule has 104 valence electrons. The van der Waals surface area contributed by atoms with Gasteiger partial charge in [-0.15, -0.1) is 0 Å². The zero-order valence-electron chi connectivity index (χ0n) is 11.4. The lowest BCUT2D eigenvalue weighted by atomic mass is 9.94. The number of hydrogen-bond donors (Lipinski definition) is 1. The summed E-state index contributed by atoms with van der Waals surface area (Å²) < 4.78 is 0. The highest BCUT2D eigenvalue weighted by Gasteiger charge is 2.21. The molecule has 1 aromatic rings. The molecule has 0 atom stereocenters. The average molecular weight is 297 g/mol. The number of benzene rings is 1. The van der Waals surface area contributed by atoms with E-state index in [1.807, 2.05) is 24.3 Å². The Morgan fingerprint density at radius 3 is 2.47 bits per heavy atom. The second-order valence-electron chi connectivity index (χ2n) is 5.01. The summed E-state index contributed by atoms with van der Waals surface area (Å²) in [6.07, 6.45) is 6.54. The fourth-order valence-electron chi connectivity index (χ4n) is 2.69. The molecule has 0 bridgehead atoms. The van der Waals surface area contributed by atoms with Crippen molar-refractivity contribution >= 4 is 34.6 Å². The van der Waals surface area contributed by atoms with Crippen molar-refractivity contribution in [1.82, 2.24) is 4.90 Å². The molecule has 1 aromatic carbocycles. The highest BCUT2D eigenvalue weighted by molar-refractivity contribution is 7.80. The van der Waals surface area contributed by atoms with Crippen molar-refractivity contribution in [3.63, 3.8) is 0 Å². The molecule has 0 unspecified atom stereocenters. The lowest BCUT2D eigenvalue weighted by Crippen LogP contribution is -2.43. The van der Waals surface area contributed by atoms with E-state index in [-0.39, 0.29) is 0 Å². The maximum atomic E-state index is 5.89. The van der Waals surface area contributed by atoms with Gasteiger partial charge in [-0.25, -0.2) is 0 Å². The van der Waals surface area contributed by atoms with Crippen LogP contribution in [0, 0.1) is 0 Å². The SMILES string of the molecule is CCN(C(=S)Nc1ccc(Cl)cc1)C1CCCCC1. The van der Waals surface area contributed by atoms with E-state index in [0.717, 1.165) is 22.4 Å². The normalized spacial score (nSPS) is 16.1. The van der Waals surface area contributed by atoms with E-state index in [1.165, 1.54) is 32.1 Å². The van der Waals surface area contributed by atoms with Crippen LogP contribution in [0.1, 0.15) is 39.0 Å². The van der Waals surface area contributed by atoms with E-state index >= 15 is 0 Å². The predicted molar refractivity (Wildman–Crippen MR) is 86.9 cm³/mol. The second-order valence-corrected chi connectivity index (χ2v) is 5.84. The molecule has 1 saturated carbocycles. The number of thiocarbonyl (C=S) groups is 1. The second kappa shape index (κ2) is 7.11. The van der Waals surface area contributed by atoms with Gasteiger partial charge in [0.05, 0.1) is 0 Å². The van der Waals surface area contributed by atoms with Crippen molar-refractivity contribution < 1.29 is 0 Å². The Kier molecular flexibility index (Phi) is 5.46. The Morgan fingerprint density at radius 2 is 1.89 bits per heavy atom. The summed E-state index contributed by atoms with van der Waals surface area (Å²) in [5.41, 5.74) is 1.00. The van der Waals surface area contributed by atoms with Gasteiger partial charge in [0.2, 0.25) is 0 Å². The first-order chi connectivity index (χ1) is 9.20. The van der Waals surface area contributed by atoms with Gasteiger partial charge in [-0.1, -0.05) is 30.9 Å². The zero-order valence-corrected chi connectivity index (χ0v) is 12.9. The molecule has 0 amide bonds. The molecule has 1 N–H and O–H groups in total. The van der Waals surface area contributed by atoms with Gasteiger partial charge in [0.25, 0.3) is 0 Å². The summed E-state index contributed by atoms with van der Waals surface area (Å²) >= 11 is 11.4. The van der Waals surface area contributed by atoms with E-state index in [9.17, 15) is 0 Å². The Labute approximate surface area is 126 Å². The highest BCUT2D eigenvalue weighted by atomic mass is 35.5. The quantitative estimate of drug-likeness (QED) is 0.815. The van der Waals surface area contributed by atoms with Crippen LogP contribution in [0.5, 0.6) is 0 Å². The van der Waals surface area contributed by atoms with Gasteiger partial charge >= 0.3 is 0 Å². The zero-order chi connectivity index (χ0) is 13.7. The maximum Gasteiger partial charge on any atom is 0.173 e. The third-order valence-electron chi connectivity index (χ3n) is 3.71. The third-order valence-corrected chi connectivity index (χ3v) is 4.30. The summed E-state index contributed by atoms with van der Waals surface area (Å²) in [6.45, 7) is 3.13. The van der Waals surface area contributed by atoms with Crippen molar-refractivity contribution in [3.8, 4) is 0 Å². The fourth-order valence-corrected chi connectivity index (χ4v) is 3.21. The van der Waals surface area contributed by atoms with Crippen LogP contribution >= 0.6 is 23.8 Å². The van der Waals surface area contributed by atoms with Crippen molar-refractivity contribution in [3.05, 3.63) is 29.3 Å². The molecule has 19 heavy (non-hydrogen) atoms. The van der Waals surface area contributed by atoms with Crippen molar-refractivity contribution in [1.29, 1.82) is 0 Å². The molecular weight excluding hydrogens is 276 g/mol. The molecular formula is C15H21ClN2S. The third kappa shape index (κ3) is 4.08. The van der Waals surface area contributed by atoms with E-state index in [1.54, 1.807) is 0 Å². The lowest BCUT2D eigenvalue weighted by molar-refractivity contribution is 0.255. The van der Waals surface area contributed by atoms with Crippen molar-refractivity contribution in [2.24, 2.45) is 0 Å². The van der Waals surface area contributed by atoms with Crippen LogP contribution in [-0.4, -0.2) is 22.6 Å². The molecule has 2 nitrogen and oxygen atoms in total. The number of nitrogens with zero attached hydrogens (tertiary/aromatic N) is 1. The molecule has 2 rings (SSSR count). The Bertz CT molecular complexity index is 413. The largest absolute Gasteiger partial charge is 0.346 e. The molecule has 1 aliphatic rings. The van der Waals surface area contributed by atoms with Gasteiger partial charge in [0.15, 0.2) is 5.11 Å². The van der Waals surface area contributed by atoms with E-state index in [4.69, 9.17) is 23.8 Å². The summed E-state index contributed by atoms with van der Waals surface area (Å²) in [6, 6.07) is 8.28. The summed E-state index contributed by atoms with van der Waals surface area (Å²) in [5, 5.41) is 4.89. The molecule has 0 saturated heterocycles. The minimum Gasteiger partial charge on any atom is -0.346 e. The standard InChI is InChI=1S/C15H21ClN2S/c1-2-18(14-6-4-3-5-7-14)15(19)17-13-10-8-12(16)9-11-13/h8-11,14H,2-7H2,1H3,(H,17,19). The molecule has 0 radical (unpaired) electrons. The van der Waals surface area contributed by atoms with Gasteiger partial charge < -0.3 is 10.2 Å². The molecule has 0 heterocycles. The summed E-state index contributed by atoms with van der Waals surface area (Å²) in [4.78, 5) is 2.32. The summed E-state index contributed by atoms with van der Waals surface area (Å²) in [7, 11) is 0. The van der Waals surface area contributed by atoms with Gasteiger partial charge in [0.1, 0.15) is 0 Å². The van der Waals surface area contributed by atoms with Gasteiger partial charge in [-0.05, 0) is 56.2 Å². The first-order valence-corrected chi connectivity index (χ1v) is 7.82. The Balaban J connectivity index is 1.97. The van der Waals surface area contributed by atoms with Crippen LogP contribution in [0.2, 0.25) is 5.02 Å². The molecule has 0 aromatic heterocycles. The van der Waals surface area contributed by atoms with E-state index in [0.29, 0.717) is 6.04 Å². The monoisotopic (exact) mass is 296 g/mol. The average Bonchev–Trinajstić information content (AvgIpc) is 2.43. The molecule has 4 heteroatoms. The smallest absolute Gasteiger partial charge is 0.173 e. The number of rotatable bonds is 3. The van der Waals surface area contributed by atoms with Crippen LogP contribution in [0.15, 0.2) is 24.3 Å². The fraction of sp³-hybridized carbons (Fsp3) is 0.533. The number of nitrogens with one attached hydrogen (secondary N) is 1. The number of hydrogen-bond acceptors (Lipinski definition) is 1. The van der Waals surface area contributed by atoms with Crippen LogP contribution in [0.3, 0.4) is 0 Å². The van der Waals surface area contributed by atoms with Crippen molar-refractivity contribution in [2.45, 2.75) is 45.1 Å². The lowest BCUT2D eigenvalue weighted by Gasteiger charge is -2.35. The van der Waals surface area contributed by atoms with Gasteiger partial charge in [-0.3, -0.25) is 0 Å². The maximum absolute atomic E-state index is 5.89. The highest BCUT2D eigenvalue weighted by Crippen LogP contribution is 2.23. The van der Waals surface area contributed by atoms with Crippen LogP contribution in [0.4, 0.5) is 5.69 Å². The van der Waals surface area contributed by atoms with E-state index < -0.39 is 0 Å². The van der Waals surface area contributed by atoms with Gasteiger partial charge in [-0.2, -0.15) is 0 Å².